The summed E-state index contributed by atoms with van der Waals surface area (Å²) in [4.78, 5) is 10.5. The zero-order valence-corrected chi connectivity index (χ0v) is 7.70. The largest absolute Gasteiger partial charge is 0.298 e. The molecule has 1 aromatic carbocycles. The summed E-state index contributed by atoms with van der Waals surface area (Å²) in [6.45, 7) is 0. The van der Waals surface area contributed by atoms with Crippen LogP contribution in [0.1, 0.15) is 35.2 Å². The topological polar surface area (TPSA) is 17.1 Å². The van der Waals surface area contributed by atoms with Crippen molar-refractivity contribution < 1.29 is 4.79 Å². The molecule has 1 heteroatoms. The van der Waals surface area contributed by atoms with E-state index < -0.39 is 0 Å². The number of hydrogen-bond donors (Lipinski definition) is 0. The Morgan fingerprint density at radius 3 is 2.85 bits per heavy atom. The summed E-state index contributed by atoms with van der Waals surface area (Å²) in [7, 11) is 0. The molecule has 68 valence electrons. The van der Waals surface area contributed by atoms with Gasteiger partial charge in [-0.1, -0.05) is 37.5 Å². The lowest BCUT2D eigenvalue weighted by atomic mass is 9.81. The maximum absolute atomic E-state index is 10.5. The molecule has 0 atom stereocenters. The second-order valence-electron chi connectivity index (χ2n) is 3.86. The molecule has 0 saturated heterocycles. The summed E-state index contributed by atoms with van der Waals surface area (Å²) in [5, 5.41) is 0. The maximum atomic E-state index is 10.5. The van der Waals surface area contributed by atoms with Gasteiger partial charge in [-0.25, -0.2) is 0 Å². The lowest BCUT2D eigenvalue weighted by Crippen LogP contribution is -2.13. The summed E-state index contributed by atoms with van der Waals surface area (Å²) >= 11 is 0. The highest BCUT2D eigenvalue weighted by molar-refractivity contribution is 5.74. The van der Waals surface area contributed by atoms with Crippen LogP contribution in [0.3, 0.4) is 0 Å². The van der Waals surface area contributed by atoms with Crippen LogP contribution in [0.2, 0.25) is 0 Å². The molecule has 1 aliphatic carbocycles. The van der Waals surface area contributed by atoms with Crippen molar-refractivity contribution >= 4 is 6.29 Å². The molecule has 1 aliphatic rings. The molecule has 0 aliphatic heterocycles. The van der Waals surface area contributed by atoms with Crippen LogP contribution in [0.15, 0.2) is 24.3 Å². The molecule has 2 rings (SSSR count). The van der Waals surface area contributed by atoms with Gasteiger partial charge in [0.05, 0.1) is 0 Å². The van der Waals surface area contributed by atoms with E-state index in [0.717, 1.165) is 24.2 Å². The quantitative estimate of drug-likeness (QED) is 0.644. The Hall–Kier alpha value is -1.11. The second kappa shape index (κ2) is 3.73. The van der Waals surface area contributed by atoms with Crippen molar-refractivity contribution in [2.24, 2.45) is 5.92 Å². The molecule has 0 aromatic heterocycles. The van der Waals surface area contributed by atoms with Crippen LogP contribution in [0.4, 0.5) is 0 Å². The normalized spacial score (nSPS) is 16.6. The highest BCUT2D eigenvalue weighted by Gasteiger charge is 2.17. The highest BCUT2D eigenvalue weighted by Crippen LogP contribution is 2.29. The Kier molecular flexibility index (Phi) is 2.44. The molecule has 1 fully saturated rings. The highest BCUT2D eigenvalue weighted by atomic mass is 16.1. The van der Waals surface area contributed by atoms with Crippen molar-refractivity contribution in [3.05, 3.63) is 35.4 Å². The van der Waals surface area contributed by atoms with Crippen LogP contribution in [0.25, 0.3) is 0 Å². The standard InChI is InChI=1S/C12H14O/c13-9-12-6-2-5-11(8-12)7-10-3-1-4-10/h2,5-6,8-10H,1,3-4,7H2. The third kappa shape index (κ3) is 1.97. The Morgan fingerprint density at radius 1 is 1.38 bits per heavy atom. The lowest BCUT2D eigenvalue weighted by molar-refractivity contribution is 0.112. The Bertz CT molecular complexity index is 300. The van der Waals surface area contributed by atoms with Crippen molar-refractivity contribution in [3.8, 4) is 0 Å². The summed E-state index contributed by atoms with van der Waals surface area (Å²) in [5.41, 5.74) is 2.12. The van der Waals surface area contributed by atoms with E-state index in [-0.39, 0.29) is 0 Å². The van der Waals surface area contributed by atoms with Gasteiger partial charge in [-0.15, -0.1) is 0 Å². The smallest absolute Gasteiger partial charge is 0.150 e. The van der Waals surface area contributed by atoms with Crippen LogP contribution in [-0.4, -0.2) is 6.29 Å². The molecule has 0 N–H and O–H groups in total. The molecule has 1 saturated carbocycles. The fraction of sp³-hybridized carbons (Fsp3) is 0.417. The van der Waals surface area contributed by atoms with Gasteiger partial charge in [-0.05, 0) is 24.0 Å². The summed E-state index contributed by atoms with van der Waals surface area (Å²) in [6.07, 6.45) is 6.20. The van der Waals surface area contributed by atoms with E-state index in [1.165, 1.54) is 24.8 Å². The molecule has 0 unspecified atom stereocenters. The molecule has 0 amide bonds. The fourth-order valence-corrected chi connectivity index (χ4v) is 1.82. The summed E-state index contributed by atoms with van der Waals surface area (Å²) in [5.74, 6) is 0.877. The molecule has 0 bridgehead atoms. The minimum absolute atomic E-state index is 0.803. The molecular weight excluding hydrogens is 160 g/mol. The summed E-state index contributed by atoms with van der Waals surface area (Å²) in [6, 6.07) is 7.95. The number of aldehydes is 1. The van der Waals surface area contributed by atoms with Gasteiger partial charge in [0.15, 0.2) is 0 Å². The van der Waals surface area contributed by atoms with E-state index in [0.29, 0.717) is 0 Å². The molecule has 0 radical (unpaired) electrons. The maximum Gasteiger partial charge on any atom is 0.150 e. The SMILES string of the molecule is O=Cc1cccc(CC2CCC2)c1. The monoisotopic (exact) mass is 174 g/mol. The van der Waals surface area contributed by atoms with E-state index in [1.807, 2.05) is 18.2 Å². The van der Waals surface area contributed by atoms with Crippen molar-refractivity contribution in [2.45, 2.75) is 25.7 Å². The van der Waals surface area contributed by atoms with Gasteiger partial charge in [-0.3, -0.25) is 4.79 Å². The Morgan fingerprint density at radius 2 is 2.23 bits per heavy atom. The molecule has 1 nitrogen and oxygen atoms in total. The third-order valence-corrected chi connectivity index (χ3v) is 2.84. The first-order valence-corrected chi connectivity index (χ1v) is 4.92. The van der Waals surface area contributed by atoms with E-state index in [2.05, 4.69) is 6.07 Å². The lowest BCUT2D eigenvalue weighted by Gasteiger charge is -2.25. The van der Waals surface area contributed by atoms with Crippen molar-refractivity contribution in [1.82, 2.24) is 0 Å². The van der Waals surface area contributed by atoms with Crippen molar-refractivity contribution in [3.63, 3.8) is 0 Å². The minimum atomic E-state index is 0.803. The van der Waals surface area contributed by atoms with Gasteiger partial charge in [0, 0.05) is 5.56 Å². The second-order valence-corrected chi connectivity index (χ2v) is 3.86. The van der Waals surface area contributed by atoms with Crippen LogP contribution >= 0.6 is 0 Å². The van der Waals surface area contributed by atoms with Crippen LogP contribution < -0.4 is 0 Å². The Labute approximate surface area is 78.8 Å². The van der Waals surface area contributed by atoms with Crippen LogP contribution in [0, 0.1) is 5.92 Å². The number of hydrogen-bond acceptors (Lipinski definition) is 1. The average molecular weight is 174 g/mol. The summed E-state index contributed by atoms with van der Waals surface area (Å²) < 4.78 is 0. The number of carbonyl (C=O) groups excluding carboxylic acids is 1. The fourth-order valence-electron chi connectivity index (χ4n) is 1.82. The van der Waals surface area contributed by atoms with Gasteiger partial charge in [0.25, 0.3) is 0 Å². The molecule has 1 aromatic rings. The van der Waals surface area contributed by atoms with E-state index >= 15 is 0 Å². The minimum Gasteiger partial charge on any atom is -0.298 e. The van der Waals surface area contributed by atoms with Crippen molar-refractivity contribution in [1.29, 1.82) is 0 Å². The number of benzene rings is 1. The Balaban J connectivity index is 2.05. The molecule has 0 heterocycles. The average Bonchev–Trinajstić information content (AvgIpc) is 2.12. The number of rotatable bonds is 3. The zero-order valence-electron chi connectivity index (χ0n) is 7.70. The predicted molar refractivity (Wildman–Crippen MR) is 52.9 cm³/mol. The first-order chi connectivity index (χ1) is 6.38. The molecular formula is C12H14O. The first-order valence-electron chi connectivity index (χ1n) is 4.92. The van der Waals surface area contributed by atoms with Gasteiger partial charge in [-0.2, -0.15) is 0 Å². The molecule has 0 spiro atoms. The third-order valence-electron chi connectivity index (χ3n) is 2.84. The van der Waals surface area contributed by atoms with Crippen LogP contribution in [0.5, 0.6) is 0 Å². The van der Waals surface area contributed by atoms with Gasteiger partial charge < -0.3 is 0 Å². The van der Waals surface area contributed by atoms with E-state index in [1.54, 1.807) is 0 Å². The van der Waals surface area contributed by atoms with Crippen molar-refractivity contribution in [2.75, 3.05) is 0 Å². The van der Waals surface area contributed by atoms with Gasteiger partial charge in [0.2, 0.25) is 0 Å². The van der Waals surface area contributed by atoms with Crippen LogP contribution in [-0.2, 0) is 6.42 Å². The van der Waals surface area contributed by atoms with Gasteiger partial charge >= 0.3 is 0 Å². The van der Waals surface area contributed by atoms with Gasteiger partial charge in [0.1, 0.15) is 6.29 Å². The predicted octanol–water partition coefficient (Wildman–Crippen LogP) is 2.84. The number of carbonyl (C=O) groups is 1. The molecule has 13 heavy (non-hydrogen) atoms. The van der Waals surface area contributed by atoms with E-state index in [9.17, 15) is 4.79 Å². The van der Waals surface area contributed by atoms with E-state index in [4.69, 9.17) is 0 Å². The zero-order chi connectivity index (χ0) is 9.10. The first kappa shape index (κ1) is 8.49.